The maximum Gasteiger partial charge on any atom is 0.188 e. The topological polar surface area (TPSA) is 50.4 Å². The monoisotopic (exact) mass is 227 g/mol. The van der Waals surface area contributed by atoms with Crippen molar-refractivity contribution in [1.82, 2.24) is 5.32 Å². The standard InChI is InChI=1S/C11H15F2N3/c1-2-15-11(14)16-4-3-8-5-9(12)7-10(13)6-8/h5-7H,2-4H2,1H3,(H3,14,15,16). The molecule has 0 bridgehead atoms. The summed E-state index contributed by atoms with van der Waals surface area (Å²) in [5.41, 5.74) is 6.07. The van der Waals surface area contributed by atoms with Gasteiger partial charge in [0.15, 0.2) is 5.96 Å². The second kappa shape index (κ2) is 6.05. The van der Waals surface area contributed by atoms with Crippen LogP contribution in [0.3, 0.4) is 0 Å². The van der Waals surface area contributed by atoms with Crippen molar-refractivity contribution >= 4 is 5.96 Å². The van der Waals surface area contributed by atoms with Crippen molar-refractivity contribution in [2.45, 2.75) is 13.3 Å². The van der Waals surface area contributed by atoms with Crippen LogP contribution in [0.4, 0.5) is 8.78 Å². The number of guanidine groups is 1. The van der Waals surface area contributed by atoms with E-state index < -0.39 is 11.6 Å². The fraction of sp³-hybridized carbons (Fsp3) is 0.364. The summed E-state index contributed by atoms with van der Waals surface area (Å²) in [4.78, 5) is 4.01. The fourth-order valence-corrected chi connectivity index (χ4v) is 1.30. The second-order valence-electron chi connectivity index (χ2n) is 3.32. The minimum atomic E-state index is -0.571. The lowest BCUT2D eigenvalue weighted by molar-refractivity contribution is 0.579. The number of nitrogens with two attached hydrogens (primary N) is 1. The highest BCUT2D eigenvalue weighted by atomic mass is 19.1. The molecule has 0 saturated carbocycles. The van der Waals surface area contributed by atoms with Crippen LogP contribution < -0.4 is 11.1 Å². The number of nitrogens with zero attached hydrogens (tertiary/aromatic N) is 1. The van der Waals surface area contributed by atoms with E-state index in [0.29, 0.717) is 31.0 Å². The van der Waals surface area contributed by atoms with Crippen molar-refractivity contribution in [2.75, 3.05) is 13.1 Å². The van der Waals surface area contributed by atoms with Crippen molar-refractivity contribution in [3.8, 4) is 0 Å². The molecule has 5 heteroatoms. The van der Waals surface area contributed by atoms with E-state index in [-0.39, 0.29) is 0 Å². The lowest BCUT2D eigenvalue weighted by Gasteiger charge is -2.02. The Morgan fingerprint density at radius 2 is 1.94 bits per heavy atom. The molecule has 0 fully saturated rings. The molecular formula is C11H15F2N3. The van der Waals surface area contributed by atoms with Gasteiger partial charge < -0.3 is 11.1 Å². The molecule has 0 aliphatic heterocycles. The van der Waals surface area contributed by atoms with Gasteiger partial charge in [0.1, 0.15) is 11.6 Å². The summed E-state index contributed by atoms with van der Waals surface area (Å²) in [6, 6.07) is 3.43. The maximum atomic E-state index is 12.8. The van der Waals surface area contributed by atoms with Crippen LogP contribution in [0.2, 0.25) is 0 Å². The van der Waals surface area contributed by atoms with Gasteiger partial charge in [-0.05, 0) is 31.0 Å². The molecule has 0 aliphatic carbocycles. The molecule has 0 aromatic heterocycles. The summed E-state index contributed by atoms with van der Waals surface area (Å²) in [6.07, 6.45) is 0.459. The molecule has 3 nitrogen and oxygen atoms in total. The lowest BCUT2D eigenvalue weighted by atomic mass is 10.1. The van der Waals surface area contributed by atoms with Gasteiger partial charge in [0.05, 0.1) is 0 Å². The Morgan fingerprint density at radius 1 is 1.31 bits per heavy atom. The van der Waals surface area contributed by atoms with Gasteiger partial charge in [0.25, 0.3) is 0 Å². The van der Waals surface area contributed by atoms with E-state index in [0.717, 1.165) is 6.07 Å². The summed E-state index contributed by atoms with van der Waals surface area (Å²) >= 11 is 0. The molecule has 0 atom stereocenters. The second-order valence-corrected chi connectivity index (χ2v) is 3.32. The predicted molar refractivity (Wildman–Crippen MR) is 60.2 cm³/mol. The van der Waals surface area contributed by atoms with Crippen molar-refractivity contribution in [3.05, 3.63) is 35.4 Å². The summed E-state index contributed by atoms with van der Waals surface area (Å²) in [5.74, 6) is -0.795. The third-order valence-corrected chi connectivity index (χ3v) is 1.96. The quantitative estimate of drug-likeness (QED) is 0.604. The van der Waals surface area contributed by atoms with Crippen LogP contribution >= 0.6 is 0 Å². The molecule has 0 aliphatic rings. The first kappa shape index (κ1) is 12.4. The van der Waals surface area contributed by atoms with Crippen LogP contribution in [0.5, 0.6) is 0 Å². The molecule has 0 saturated heterocycles. The van der Waals surface area contributed by atoms with Gasteiger partial charge in [0, 0.05) is 19.2 Å². The Labute approximate surface area is 93.4 Å². The van der Waals surface area contributed by atoms with Gasteiger partial charge in [-0.3, -0.25) is 4.99 Å². The Hall–Kier alpha value is -1.65. The summed E-state index contributed by atoms with van der Waals surface area (Å²) in [5, 5.41) is 2.83. The zero-order chi connectivity index (χ0) is 12.0. The Kier molecular flexibility index (Phi) is 4.69. The number of hydrogen-bond acceptors (Lipinski definition) is 1. The average molecular weight is 227 g/mol. The fourth-order valence-electron chi connectivity index (χ4n) is 1.30. The van der Waals surface area contributed by atoms with E-state index in [2.05, 4.69) is 10.3 Å². The summed E-state index contributed by atoms with van der Waals surface area (Å²) < 4.78 is 25.6. The van der Waals surface area contributed by atoms with Gasteiger partial charge in [-0.1, -0.05) is 0 Å². The van der Waals surface area contributed by atoms with Gasteiger partial charge in [0.2, 0.25) is 0 Å². The number of rotatable bonds is 4. The molecule has 16 heavy (non-hydrogen) atoms. The summed E-state index contributed by atoms with van der Waals surface area (Å²) in [6.45, 7) is 3.01. The van der Waals surface area contributed by atoms with E-state index in [9.17, 15) is 8.78 Å². The van der Waals surface area contributed by atoms with Gasteiger partial charge in [-0.15, -0.1) is 0 Å². The van der Waals surface area contributed by atoms with Crippen molar-refractivity contribution in [1.29, 1.82) is 0 Å². The number of nitrogens with one attached hydrogen (secondary N) is 1. The highest BCUT2D eigenvalue weighted by Gasteiger charge is 2.00. The molecular weight excluding hydrogens is 212 g/mol. The molecule has 0 heterocycles. The van der Waals surface area contributed by atoms with Gasteiger partial charge in [-0.25, -0.2) is 8.78 Å². The third kappa shape index (κ3) is 4.25. The normalized spacial score (nSPS) is 11.6. The first-order valence-electron chi connectivity index (χ1n) is 5.10. The first-order chi connectivity index (χ1) is 7.61. The van der Waals surface area contributed by atoms with Crippen molar-refractivity contribution < 1.29 is 8.78 Å². The van der Waals surface area contributed by atoms with E-state index in [1.807, 2.05) is 6.92 Å². The minimum Gasteiger partial charge on any atom is -0.370 e. The molecule has 1 aromatic carbocycles. The molecule has 0 unspecified atom stereocenters. The van der Waals surface area contributed by atoms with E-state index in [1.54, 1.807) is 0 Å². The van der Waals surface area contributed by atoms with Crippen LogP contribution in [0, 0.1) is 11.6 Å². The van der Waals surface area contributed by atoms with E-state index in [1.165, 1.54) is 12.1 Å². The van der Waals surface area contributed by atoms with Crippen LogP contribution in [0.25, 0.3) is 0 Å². The molecule has 3 N–H and O–H groups in total. The van der Waals surface area contributed by atoms with Crippen LogP contribution in [-0.4, -0.2) is 19.0 Å². The minimum absolute atomic E-state index is 0.347. The lowest BCUT2D eigenvalue weighted by Crippen LogP contribution is -2.31. The number of benzene rings is 1. The molecule has 0 spiro atoms. The zero-order valence-corrected chi connectivity index (χ0v) is 9.13. The molecule has 1 aromatic rings. The van der Waals surface area contributed by atoms with Crippen LogP contribution in [-0.2, 0) is 6.42 Å². The highest BCUT2D eigenvalue weighted by Crippen LogP contribution is 2.08. The van der Waals surface area contributed by atoms with Gasteiger partial charge >= 0.3 is 0 Å². The molecule has 0 amide bonds. The first-order valence-corrected chi connectivity index (χ1v) is 5.10. The van der Waals surface area contributed by atoms with Crippen molar-refractivity contribution in [2.24, 2.45) is 10.7 Å². The maximum absolute atomic E-state index is 12.8. The van der Waals surface area contributed by atoms with Gasteiger partial charge in [-0.2, -0.15) is 0 Å². The number of halogens is 2. The smallest absolute Gasteiger partial charge is 0.188 e. The summed E-state index contributed by atoms with van der Waals surface area (Å²) in [7, 11) is 0. The Balaban J connectivity index is 2.51. The van der Waals surface area contributed by atoms with Crippen LogP contribution in [0.1, 0.15) is 12.5 Å². The highest BCUT2D eigenvalue weighted by molar-refractivity contribution is 5.77. The molecule has 88 valence electrons. The molecule has 1 rings (SSSR count). The Bertz CT molecular complexity index is 357. The molecule has 0 radical (unpaired) electrons. The zero-order valence-electron chi connectivity index (χ0n) is 9.13. The Morgan fingerprint density at radius 3 is 2.50 bits per heavy atom. The SMILES string of the molecule is CCNC(N)=NCCc1cc(F)cc(F)c1. The van der Waals surface area contributed by atoms with E-state index in [4.69, 9.17) is 5.73 Å². The predicted octanol–water partition coefficient (Wildman–Crippen LogP) is 1.43. The van der Waals surface area contributed by atoms with Crippen LogP contribution in [0.15, 0.2) is 23.2 Å². The number of hydrogen-bond donors (Lipinski definition) is 2. The van der Waals surface area contributed by atoms with Crippen molar-refractivity contribution in [3.63, 3.8) is 0 Å². The average Bonchev–Trinajstić information content (AvgIpc) is 2.16. The largest absolute Gasteiger partial charge is 0.370 e. The van der Waals surface area contributed by atoms with E-state index >= 15 is 0 Å². The number of aliphatic imine (C=N–C) groups is 1. The third-order valence-electron chi connectivity index (χ3n) is 1.96.